The molecule has 0 aliphatic heterocycles. The molecule has 78 valence electrons. The maximum atomic E-state index is 10.4. The molecule has 0 unspecified atom stereocenters. The van der Waals surface area contributed by atoms with Crippen LogP contribution in [-0.2, 0) is 4.79 Å². The van der Waals surface area contributed by atoms with E-state index in [0.29, 0.717) is 5.13 Å². The molecule has 2 rings (SSSR count). The second-order valence-electron chi connectivity index (χ2n) is 3.24. The van der Waals surface area contributed by atoms with Crippen LogP contribution in [0.2, 0.25) is 0 Å². The van der Waals surface area contributed by atoms with Crippen molar-refractivity contribution in [2.75, 3.05) is 11.9 Å². The van der Waals surface area contributed by atoms with Crippen molar-refractivity contribution in [1.82, 2.24) is 4.98 Å². The van der Waals surface area contributed by atoms with Gasteiger partial charge in [-0.2, -0.15) is 0 Å². The van der Waals surface area contributed by atoms with Crippen molar-refractivity contribution >= 4 is 32.7 Å². The maximum Gasteiger partial charge on any atom is 0.322 e. The molecule has 0 saturated heterocycles. The highest BCUT2D eigenvalue weighted by molar-refractivity contribution is 7.22. The Hall–Kier alpha value is -1.62. The second-order valence-corrected chi connectivity index (χ2v) is 4.27. The van der Waals surface area contributed by atoms with Gasteiger partial charge in [0, 0.05) is 0 Å². The van der Waals surface area contributed by atoms with E-state index in [1.165, 1.54) is 16.9 Å². The normalized spacial score (nSPS) is 10.5. The third kappa shape index (κ3) is 2.24. The van der Waals surface area contributed by atoms with Crippen LogP contribution >= 0.6 is 11.3 Å². The van der Waals surface area contributed by atoms with Crippen molar-refractivity contribution in [3.05, 3.63) is 23.8 Å². The van der Waals surface area contributed by atoms with Crippen molar-refractivity contribution in [2.45, 2.75) is 6.92 Å². The van der Waals surface area contributed by atoms with Gasteiger partial charge >= 0.3 is 5.97 Å². The Kier molecular flexibility index (Phi) is 2.55. The number of nitrogens with one attached hydrogen (secondary N) is 1. The van der Waals surface area contributed by atoms with E-state index in [1.807, 2.05) is 25.1 Å². The molecule has 0 bridgehead atoms. The molecule has 0 aliphatic carbocycles. The summed E-state index contributed by atoms with van der Waals surface area (Å²) in [6, 6.07) is 5.97. The van der Waals surface area contributed by atoms with Crippen molar-refractivity contribution < 1.29 is 9.90 Å². The SMILES string of the molecule is Cc1ccc2nc(NCC(=O)O)sc2c1. The fourth-order valence-corrected chi connectivity index (χ4v) is 2.22. The summed E-state index contributed by atoms with van der Waals surface area (Å²) in [7, 11) is 0. The zero-order chi connectivity index (χ0) is 10.8. The number of aromatic nitrogens is 1. The van der Waals surface area contributed by atoms with Crippen LogP contribution in [0.3, 0.4) is 0 Å². The highest BCUT2D eigenvalue weighted by atomic mass is 32.1. The van der Waals surface area contributed by atoms with Gasteiger partial charge in [-0.1, -0.05) is 17.4 Å². The molecule has 0 spiro atoms. The van der Waals surface area contributed by atoms with Crippen LogP contribution in [0.25, 0.3) is 10.2 Å². The lowest BCUT2D eigenvalue weighted by atomic mass is 10.2. The minimum atomic E-state index is -0.884. The van der Waals surface area contributed by atoms with E-state index in [1.54, 1.807) is 0 Å². The van der Waals surface area contributed by atoms with Crippen molar-refractivity contribution in [2.24, 2.45) is 0 Å². The van der Waals surface area contributed by atoms with E-state index >= 15 is 0 Å². The first-order valence-electron chi connectivity index (χ1n) is 4.48. The van der Waals surface area contributed by atoms with E-state index in [2.05, 4.69) is 10.3 Å². The van der Waals surface area contributed by atoms with Crippen LogP contribution < -0.4 is 5.32 Å². The predicted octanol–water partition coefficient (Wildman–Crippen LogP) is 2.10. The Morgan fingerprint density at radius 1 is 1.60 bits per heavy atom. The smallest absolute Gasteiger partial charge is 0.322 e. The van der Waals surface area contributed by atoms with Crippen LogP contribution in [0, 0.1) is 6.92 Å². The lowest BCUT2D eigenvalue weighted by Gasteiger charge is -1.94. The van der Waals surface area contributed by atoms with Gasteiger partial charge in [-0.3, -0.25) is 4.79 Å². The fraction of sp³-hybridized carbons (Fsp3) is 0.200. The minimum absolute atomic E-state index is 0.0984. The summed E-state index contributed by atoms with van der Waals surface area (Å²) >= 11 is 1.47. The van der Waals surface area contributed by atoms with Gasteiger partial charge in [0.2, 0.25) is 0 Å². The molecule has 0 atom stereocenters. The van der Waals surface area contributed by atoms with Gasteiger partial charge in [0.25, 0.3) is 0 Å². The van der Waals surface area contributed by atoms with Crippen LogP contribution in [0.5, 0.6) is 0 Å². The summed E-state index contributed by atoms with van der Waals surface area (Å²) < 4.78 is 1.07. The number of thiazole rings is 1. The summed E-state index contributed by atoms with van der Waals surface area (Å²) in [6.45, 7) is 1.92. The number of benzene rings is 1. The lowest BCUT2D eigenvalue weighted by Crippen LogP contribution is -2.11. The fourth-order valence-electron chi connectivity index (χ4n) is 1.26. The number of aliphatic carboxylic acids is 1. The van der Waals surface area contributed by atoms with E-state index in [4.69, 9.17) is 5.11 Å². The molecular weight excluding hydrogens is 212 g/mol. The molecule has 1 aromatic carbocycles. The number of fused-ring (bicyclic) bond motifs is 1. The van der Waals surface area contributed by atoms with Gasteiger partial charge in [-0.25, -0.2) is 4.98 Å². The first-order chi connectivity index (χ1) is 7.15. The molecular formula is C10H10N2O2S. The van der Waals surface area contributed by atoms with Gasteiger partial charge in [0.1, 0.15) is 6.54 Å². The summed E-state index contributed by atoms with van der Waals surface area (Å²) in [6.07, 6.45) is 0. The number of nitrogens with zero attached hydrogens (tertiary/aromatic N) is 1. The molecule has 2 aromatic rings. The molecule has 1 aromatic heterocycles. The Morgan fingerprint density at radius 2 is 2.40 bits per heavy atom. The molecule has 0 radical (unpaired) electrons. The van der Waals surface area contributed by atoms with Gasteiger partial charge in [-0.15, -0.1) is 0 Å². The number of carboxylic acids is 1. The van der Waals surface area contributed by atoms with Crippen molar-refractivity contribution in [1.29, 1.82) is 0 Å². The predicted molar refractivity (Wildman–Crippen MR) is 60.5 cm³/mol. The number of aryl methyl sites for hydroxylation is 1. The zero-order valence-electron chi connectivity index (χ0n) is 8.15. The monoisotopic (exact) mass is 222 g/mol. The average molecular weight is 222 g/mol. The standard InChI is InChI=1S/C10H10N2O2S/c1-6-2-3-7-8(4-6)15-10(12-7)11-5-9(13)14/h2-4H,5H2,1H3,(H,11,12)(H,13,14). The summed E-state index contributed by atoms with van der Waals surface area (Å²) in [5.74, 6) is -0.884. The van der Waals surface area contributed by atoms with Gasteiger partial charge < -0.3 is 10.4 Å². The minimum Gasteiger partial charge on any atom is -0.480 e. The summed E-state index contributed by atoms with van der Waals surface area (Å²) in [4.78, 5) is 14.6. The molecule has 2 N–H and O–H groups in total. The molecule has 15 heavy (non-hydrogen) atoms. The Labute approximate surface area is 90.6 Å². The maximum absolute atomic E-state index is 10.4. The average Bonchev–Trinajstić information content (AvgIpc) is 2.56. The number of anilines is 1. The quantitative estimate of drug-likeness (QED) is 0.834. The number of hydrogen-bond acceptors (Lipinski definition) is 4. The number of hydrogen-bond donors (Lipinski definition) is 2. The number of rotatable bonds is 3. The summed E-state index contributed by atoms with van der Waals surface area (Å²) in [5, 5.41) is 11.9. The molecule has 5 heteroatoms. The first-order valence-corrected chi connectivity index (χ1v) is 5.29. The zero-order valence-corrected chi connectivity index (χ0v) is 8.97. The van der Waals surface area contributed by atoms with Crippen LogP contribution in [0.15, 0.2) is 18.2 Å². The third-order valence-corrected chi connectivity index (χ3v) is 2.91. The van der Waals surface area contributed by atoms with E-state index in [9.17, 15) is 4.79 Å². The Balaban J connectivity index is 2.27. The number of carbonyl (C=O) groups is 1. The molecule has 0 amide bonds. The molecule has 4 nitrogen and oxygen atoms in total. The second kappa shape index (κ2) is 3.86. The van der Waals surface area contributed by atoms with E-state index in [-0.39, 0.29) is 6.54 Å². The Morgan fingerprint density at radius 3 is 3.13 bits per heavy atom. The van der Waals surface area contributed by atoms with Crippen molar-refractivity contribution in [3.63, 3.8) is 0 Å². The largest absolute Gasteiger partial charge is 0.480 e. The van der Waals surface area contributed by atoms with Crippen LogP contribution in [-0.4, -0.2) is 22.6 Å². The summed E-state index contributed by atoms with van der Waals surface area (Å²) in [5.41, 5.74) is 2.08. The number of carboxylic acid groups (broad SMARTS) is 1. The molecule has 1 heterocycles. The molecule has 0 saturated carbocycles. The molecule has 0 fully saturated rings. The van der Waals surface area contributed by atoms with E-state index in [0.717, 1.165) is 10.2 Å². The molecule has 0 aliphatic rings. The highest BCUT2D eigenvalue weighted by Gasteiger charge is 2.04. The van der Waals surface area contributed by atoms with Gasteiger partial charge in [-0.05, 0) is 24.6 Å². The topological polar surface area (TPSA) is 62.2 Å². The lowest BCUT2D eigenvalue weighted by molar-refractivity contribution is -0.134. The first kappa shape index (κ1) is 9.92. The van der Waals surface area contributed by atoms with Gasteiger partial charge in [0.05, 0.1) is 10.2 Å². The van der Waals surface area contributed by atoms with Crippen LogP contribution in [0.1, 0.15) is 5.56 Å². The third-order valence-electron chi connectivity index (χ3n) is 1.93. The Bertz CT molecular complexity index is 507. The van der Waals surface area contributed by atoms with E-state index < -0.39 is 5.97 Å². The van der Waals surface area contributed by atoms with Crippen molar-refractivity contribution in [3.8, 4) is 0 Å². The van der Waals surface area contributed by atoms with Gasteiger partial charge in [0.15, 0.2) is 5.13 Å². The van der Waals surface area contributed by atoms with Crippen LogP contribution in [0.4, 0.5) is 5.13 Å². The highest BCUT2D eigenvalue weighted by Crippen LogP contribution is 2.26.